The van der Waals surface area contributed by atoms with Gasteiger partial charge in [-0.1, -0.05) is 27.2 Å². The number of likely N-dealkylation sites (N-methyl/N-ethyl adjacent to an activating group) is 1. The van der Waals surface area contributed by atoms with E-state index in [2.05, 4.69) is 5.32 Å². The van der Waals surface area contributed by atoms with Gasteiger partial charge in [-0.3, -0.25) is 4.79 Å². The van der Waals surface area contributed by atoms with Crippen molar-refractivity contribution in [3.63, 3.8) is 0 Å². The molecule has 1 unspecified atom stereocenters. The van der Waals surface area contributed by atoms with Crippen LogP contribution in [0.5, 0.6) is 0 Å². The van der Waals surface area contributed by atoms with Crippen LogP contribution in [0.1, 0.15) is 46.5 Å². The van der Waals surface area contributed by atoms with Crippen LogP contribution in [0.3, 0.4) is 0 Å². The van der Waals surface area contributed by atoms with Crippen LogP contribution in [0, 0.1) is 5.92 Å². The first kappa shape index (κ1) is 20.7. The number of nitrogens with one attached hydrogen (secondary N) is 1. The normalized spacial score (nSPS) is 12.3. The zero-order chi connectivity index (χ0) is 17.0. The van der Waals surface area contributed by atoms with Crippen molar-refractivity contribution in [3.8, 4) is 0 Å². The number of alkyl carbamates (subject to hydrolysis) is 1. The highest BCUT2D eigenvalue weighted by Gasteiger charge is 2.16. The fourth-order valence-corrected chi connectivity index (χ4v) is 1.72. The van der Waals surface area contributed by atoms with Crippen molar-refractivity contribution in [2.75, 3.05) is 33.9 Å². The second kappa shape index (κ2) is 12.3. The highest BCUT2D eigenvalue weighted by molar-refractivity contribution is 5.69. The van der Waals surface area contributed by atoms with E-state index in [1.807, 2.05) is 39.8 Å². The third-order valence-corrected chi connectivity index (χ3v) is 3.20. The van der Waals surface area contributed by atoms with Crippen LogP contribution in [0.25, 0.3) is 0 Å². The first-order valence-electron chi connectivity index (χ1n) is 8.09. The molecule has 0 aliphatic rings. The number of nitrogens with zero attached hydrogens (tertiary/aromatic N) is 1. The van der Waals surface area contributed by atoms with Crippen molar-refractivity contribution in [1.82, 2.24) is 10.2 Å². The molecule has 0 fully saturated rings. The molecule has 1 atom stereocenters. The van der Waals surface area contributed by atoms with E-state index in [1.54, 1.807) is 0 Å². The van der Waals surface area contributed by atoms with Gasteiger partial charge in [-0.2, -0.15) is 0 Å². The van der Waals surface area contributed by atoms with Gasteiger partial charge in [0, 0.05) is 19.0 Å². The van der Waals surface area contributed by atoms with Crippen molar-refractivity contribution in [2.45, 2.75) is 52.5 Å². The number of hydrogen-bond donors (Lipinski definition) is 1. The fraction of sp³-hybridized carbons (Fsp3) is 0.875. The van der Waals surface area contributed by atoms with Crippen LogP contribution in [-0.2, 0) is 14.3 Å². The standard InChI is InChI=1S/C16H32N2O4/c1-6-7-10-21-16(20)17-11-14(18(4)5)8-9-15(19)22-12-13(2)3/h13-14H,6-12H2,1-5H3,(H,17,20). The maximum Gasteiger partial charge on any atom is 0.407 e. The lowest BCUT2D eigenvalue weighted by atomic mass is 10.1. The molecule has 0 aromatic carbocycles. The lowest BCUT2D eigenvalue weighted by molar-refractivity contribution is -0.145. The molecule has 0 aliphatic heterocycles. The van der Waals surface area contributed by atoms with E-state index in [0.29, 0.717) is 38.5 Å². The van der Waals surface area contributed by atoms with Crippen molar-refractivity contribution < 1.29 is 19.1 Å². The Labute approximate surface area is 134 Å². The molecule has 1 N–H and O–H groups in total. The molecule has 0 spiro atoms. The predicted octanol–water partition coefficient (Wildman–Crippen LogP) is 2.42. The molecule has 22 heavy (non-hydrogen) atoms. The molecule has 0 radical (unpaired) electrons. The van der Waals surface area contributed by atoms with E-state index in [9.17, 15) is 9.59 Å². The second-order valence-corrected chi connectivity index (χ2v) is 6.10. The van der Waals surface area contributed by atoms with Gasteiger partial charge in [-0.05, 0) is 32.9 Å². The van der Waals surface area contributed by atoms with Crippen LogP contribution < -0.4 is 5.32 Å². The summed E-state index contributed by atoms with van der Waals surface area (Å²) in [5.74, 6) is 0.152. The van der Waals surface area contributed by atoms with Crippen LogP contribution in [0.2, 0.25) is 0 Å². The van der Waals surface area contributed by atoms with E-state index in [-0.39, 0.29) is 12.0 Å². The lowest BCUT2D eigenvalue weighted by Crippen LogP contribution is -2.40. The van der Waals surface area contributed by atoms with E-state index in [4.69, 9.17) is 9.47 Å². The van der Waals surface area contributed by atoms with E-state index in [1.165, 1.54) is 0 Å². The first-order valence-corrected chi connectivity index (χ1v) is 8.09. The average molecular weight is 316 g/mol. The number of rotatable bonds is 11. The third kappa shape index (κ3) is 11.4. The average Bonchev–Trinajstić information content (AvgIpc) is 2.44. The van der Waals surface area contributed by atoms with Gasteiger partial charge < -0.3 is 19.7 Å². The van der Waals surface area contributed by atoms with Crippen LogP contribution in [-0.4, -0.2) is 56.9 Å². The minimum atomic E-state index is -0.400. The summed E-state index contributed by atoms with van der Waals surface area (Å²) in [5.41, 5.74) is 0. The molecule has 0 aromatic heterocycles. The van der Waals surface area contributed by atoms with Crippen molar-refractivity contribution in [3.05, 3.63) is 0 Å². The Bertz CT molecular complexity index is 319. The third-order valence-electron chi connectivity index (χ3n) is 3.20. The Morgan fingerprint density at radius 3 is 2.41 bits per heavy atom. The summed E-state index contributed by atoms with van der Waals surface area (Å²) in [4.78, 5) is 25.1. The second-order valence-electron chi connectivity index (χ2n) is 6.10. The number of unbranched alkanes of at least 4 members (excludes halogenated alkanes) is 1. The molecule has 0 bridgehead atoms. The summed E-state index contributed by atoms with van der Waals surface area (Å²) in [6.45, 7) is 7.40. The van der Waals surface area contributed by atoms with Gasteiger partial charge in [0.05, 0.1) is 13.2 Å². The molecule has 1 amide bonds. The van der Waals surface area contributed by atoms with E-state index >= 15 is 0 Å². The number of hydrogen-bond acceptors (Lipinski definition) is 5. The quantitative estimate of drug-likeness (QED) is 0.468. The predicted molar refractivity (Wildman–Crippen MR) is 86.8 cm³/mol. The number of carbonyl (C=O) groups excluding carboxylic acids is 2. The Morgan fingerprint density at radius 1 is 1.18 bits per heavy atom. The maximum absolute atomic E-state index is 11.6. The highest BCUT2D eigenvalue weighted by Crippen LogP contribution is 2.05. The molecule has 0 saturated heterocycles. The Kier molecular flexibility index (Phi) is 11.5. The fourth-order valence-electron chi connectivity index (χ4n) is 1.72. The summed E-state index contributed by atoms with van der Waals surface area (Å²) in [6, 6.07) is 0.0744. The van der Waals surface area contributed by atoms with Gasteiger partial charge in [0.2, 0.25) is 0 Å². The zero-order valence-corrected chi connectivity index (χ0v) is 14.7. The number of ether oxygens (including phenoxy) is 2. The van der Waals surface area contributed by atoms with Crippen molar-refractivity contribution >= 4 is 12.1 Å². The smallest absolute Gasteiger partial charge is 0.407 e. The molecular weight excluding hydrogens is 284 g/mol. The topological polar surface area (TPSA) is 67.9 Å². The lowest BCUT2D eigenvalue weighted by Gasteiger charge is -2.24. The van der Waals surface area contributed by atoms with Crippen molar-refractivity contribution in [1.29, 1.82) is 0 Å². The summed E-state index contributed by atoms with van der Waals surface area (Å²) < 4.78 is 10.2. The molecule has 0 rings (SSSR count). The molecule has 6 heteroatoms. The summed E-state index contributed by atoms with van der Waals surface area (Å²) in [7, 11) is 3.85. The summed E-state index contributed by atoms with van der Waals surface area (Å²) >= 11 is 0. The van der Waals surface area contributed by atoms with Gasteiger partial charge in [-0.15, -0.1) is 0 Å². The molecule has 130 valence electrons. The van der Waals surface area contributed by atoms with Gasteiger partial charge in [0.15, 0.2) is 0 Å². The molecule has 6 nitrogen and oxygen atoms in total. The SMILES string of the molecule is CCCCOC(=O)NCC(CCC(=O)OCC(C)C)N(C)C. The van der Waals surface area contributed by atoms with Gasteiger partial charge in [0.1, 0.15) is 0 Å². The van der Waals surface area contributed by atoms with E-state index in [0.717, 1.165) is 12.8 Å². The Balaban J connectivity index is 4.00. The van der Waals surface area contributed by atoms with Gasteiger partial charge >= 0.3 is 12.1 Å². The van der Waals surface area contributed by atoms with Gasteiger partial charge in [-0.25, -0.2) is 4.79 Å². The molecule has 0 aliphatic carbocycles. The van der Waals surface area contributed by atoms with Crippen molar-refractivity contribution in [2.24, 2.45) is 5.92 Å². The Morgan fingerprint density at radius 2 is 1.86 bits per heavy atom. The molecule has 0 aromatic rings. The van der Waals surface area contributed by atoms with Gasteiger partial charge in [0.25, 0.3) is 0 Å². The van der Waals surface area contributed by atoms with Crippen LogP contribution >= 0.6 is 0 Å². The molecule has 0 saturated carbocycles. The minimum Gasteiger partial charge on any atom is -0.465 e. The number of carbonyl (C=O) groups is 2. The van der Waals surface area contributed by atoms with E-state index < -0.39 is 6.09 Å². The monoisotopic (exact) mass is 316 g/mol. The zero-order valence-electron chi connectivity index (χ0n) is 14.7. The minimum absolute atomic E-state index is 0.0744. The maximum atomic E-state index is 11.6. The molecular formula is C16H32N2O4. The molecule has 0 heterocycles. The summed E-state index contributed by atoms with van der Waals surface area (Å²) in [6.07, 6.45) is 2.45. The van der Waals surface area contributed by atoms with Crippen LogP contribution in [0.4, 0.5) is 4.79 Å². The first-order chi connectivity index (χ1) is 10.4. The van der Waals surface area contributed by atoms with Crippen LogP contribution in [0.15, 0.2) is 0 Å². The number of esters is 1. The highest BCUT2D eigenvalue weighted by atomic mass is 16.5. The largest absolute Gasteiger partial charge is 0.465 e. The summed E-state index contributed by atoms with van der Waals surface area (Å²) in [5, 5.41) is 2.74. The Hall–Kier alpha value is -1.30. The number of amides is 1.